The lowest BCUT2D eigenvalue weighted by atomic mass is 9.70. The van der Waals surface area contributed by atoms with Gasteiger partial charge in [0.1, 0.15) is 0 Å². The van der Waals surface area contributed by atoms with Crippen LogP contribution in [0.2, 0.25) is 0 Å². The highest BCUT2D eigenvalue weighted by Gasteiger charge is 2.34. The molecule has 0 spiro atoms. The van der Waals surface area contributed by atoms with Crippen molar-refractivity contribution in [3.63, 3.8) is 0 Å². The van der Waals surface area contributed by atoms with Gasteiger partial charge in [0.2, 0.25) is 0 Å². The van der Waals surface area contributed by atoms with Gasteiger partial charge in [-0.1, -0.05) is 27.2 Å². The van der Waals surface area contributed by atoms with E-state index in [1.54, 1.807) is 16.2 Å². The van der Waals surface area contributed by atoms with E-state index in [0.717, 1.165) is 31.4 Å². The Kier molecular flexibility index (Phi) is 5.04. The van der Waals surface area contributed by atoms with Crippen LogP contribution in [0.25, 0.3) is 0 Å². The number of nitrogens with one attached hydrogen (secondary N) is 1. The Hall–Kier alpha value is -1.63. The fourth-order valence-electron chi connectivity index (χ4n) is 3.70. The van der Waals surface area contributed by atoms with Gasteiger partial charge in [0.15, 0.2) is 5.13 Å². The number of carbonyl (C=O) groups is 2. The smallest absolute Gasteiger partial charge is 0.323 e. The maximum Gasteiger partial charge on any atom is 0.323 e. The first-order chi connectivity index (χ1) is 11.8. The van der Waals surface area contributed by atoms with E-state index in [9.17, 15) is 9.59 Å². The van der Waals surface area contributed by atoms with Crippen molar-refractivity contribution >= 4 is 28.5 Å². The molecule has 3 rings (SSSR count). The number of hydrogen-bond acceptors (Lipinski definition) is 4. The molecular formula is C18H27N3O3S. The standard InChI is InChI=1S/C18H27N3O3S/c1-4-18(2,3)12-5-6-13-14(9-12)25-16(19-13)20-17(24)21-8-7-11(10-21)15(22)23/h11-12H,4-10H2,1-3H3,(H,22,23)(H,19,20,24). The van der Waals surface area contributed by atoms with Gasteiger partial charge in [0, 0.05) is 18.0 Å². The summed E-state index contributed by atoms with van der Waals surface area (Å²) >= 11 is 1.57. The van der Waals surface area contributed by atoms with E-state index in [2.05, 4.69) is 31.1 Å². The number of aliphatic carboxylic acids is 1. The SMILES string of the molecule is CCC(C)(C)C1CCc2nc(NC(=O)N3CCC(C(=O)O)C3)sc2C1. The number of carboxylic acid groups (broad SMARTS) is 1. The van der Waals surface area contributed by atoms with E-state index in [1.807, 2.05) is 0 Å². The summed E-state index contributed by atoms with van der Waals surface area (Å²) < 4.78 is 0. The van der Waals surface area contributed by atoms with E-state index in [1.165, 1.54) is 4.88 Å². The molecule has 2 amide bonds. The van der Waals surface area contributed by atoms with E-state index in [-0.39, 0.29) is 12.6 Å². The number of thiazole rings is 1. The van der Waals surface area contributed by atoms with Gasteiger partial charge in [-0.3, -0.25) is 10.1 Å². The molecule has 2 unspecified atom stereocenters. The summed E-state index contributed by atoms with van der Waals surface area (Å²) in [6.45, 7) is 7.67. The number of carboxylic acids is 1. The molecule has 2 atom stereocenters. The first kappa shape index (κ1) is 18.2. The highest BCUT2D eigenvalue weighted by molar-refractivity contribution is 7.15. The first-order valence-corrected chi connectivity index (χ1v) is 9.89. The molecule has 2 N–H and O–H groups in total. The predicted octanol–water partition coefficient (Wildman–Crippen LogP) is 3.62. The minimum atomic E-state index is -0.829. The Balaban J connectivity index is 1.63. The van der Waals surface area contributed by atoms with Crippen LogP contribution in [0.1, 0.15) is 50.6 Å². The van der Waals surface area contributed by atoms with E-state index in [0.29, 0.717) is 29.4 Å². The second-order valence-corrected chi connectivity index (χ2v) is 8.95. The van der Waals surface area contributed by atoms with Crippen LogP contribution in [0, 0.1) is 17.3 Å². The number of urea groups is 1. The summed E-state index contributed by atoms with van der Waals surface area (Å²) in [5, 5.41) is 12.6. The molecule has 25 heavy (non-hydrogen) atoms. The Labute approximate surface area is 152 Å². The molecule has 1 aromatic rings. The third kappa shape index (κ3) is 3.81. The number of nitrogens with zero attached hydrogens (tertiary/aromatic N) is 2. The molecule has 7 heteroatoms. The average molecular weight is 365 g/mol. The normalized spacial score (nSPS) is 23.4. The Morgan fingerprint density at radius 2 is 2.16 bits per heavy atom. The zero-order valence-electron chi connectivity index (χ0n) is 15.2. The summed E-state index contributed by atoms with van der Waals surface area (Å²) in [6.07, 6.45) is 4.84. The van der Waals surface area contributed by atoms with Gasteiger partial charge in [-0.25, -0.2) is 9.78 Å². The van der Waals surface area contributed by atoms with Crippen LogP contribution in [0.3, 0.4) is 0 Å². The number of aromatic nitrogens is 1. The maximum absolute atomic E-state index is 12.4. The van der Waals surface area contributed by atoms with Crippen LogP contribution >= 0.6 is 11.3 Å². The van der Waals surface area contributed by atoms with Crippen LogP contribution in [0.4, 0.5) is 9.93 Å². The molecule has 0 saturated carbocycles. The number of aryl methyl sites for hydroxylation is 1. The predicted molar refractivity (Wildman–Crippen MR) is 98.0 cm³/mol. The van der Waals surface area contributed by atoms with Gasteiger partial charge in [0.25, 0.3) is 0 Å². The fraction of sp³-hybridized carbons (Fsp3) is 0.722. The third-order valence-corrected chi connectivity index (χ3v) is 7.03. The molecule has 0 bridgehead atoms. The van der Waals surface area contributed by atoms with Gasteiger partial charge >= 0.3 is 12.0 Å². The van der Waals surface area contributed by atoms with Crippen molar-refractivity contribution in [3.05, 3.63) is 10.6 Å². The molecule has 1 fully saturated rings. The summed E-state index contributed by atoms with van der Waals surface area (Å²) in [6, 6.07) is -0.236. The van der Waals surface area contributed by atoms with E-state index >= 15 is 0 Å². The van der Waals surface area contributed by atoms with Gasteiger partial charge in [-0.2, -0.15) is 0 Å². The van der Waals surface area contributed by atoms with E-state index < -0.39 is 11.9 Å². The number of fused-ring (bicyclic) bond motifs is 1. The molecular weight excluding hydrogens is 338 g/mol. The molecule has 138 valence electrons. The first-order valence-electron chi connectivity index (χ1n) is 9.07. The topological polar surface area (TPSA) is 82.5 Å². The van der Waals surface area contributed by atoms with Crippen molar-refractivity contribution in [2.24, 2.45) is 17.3 Å². The van der Waals surface area contributed by atoms with Gasteiger partial charge in [-0.05, 0) is 37.0 Å². The lowest BCUT2D eigenvalue weighted by Gasteiger charge is -2.35. The van der Waals surface area contributed by atoms with Crippen LogP contribution in [0.5, 0.6) is 0 Å². The van der Waals surface area contributed by atoms with Crippen LogP contribution in [-0.4, -0.2) is 40.1 Å². The minimum Gasteiger partial charge on any atom is -0.481 e. The quantitative estimate of drug-likeness (QED) is 0.854. The summed E-state index contributed by atoms with van der Waals surface area (Å²) in [7, 11) is 0. The van der Waals surface area contributed by atoms with Gasteiger partial charge < -0.3 is 10.0 Å². The molecule has 0 radical (unpaired) electrons. The minimum absolute atomic E-state index is 0.236. The summed E-state index contributed by atoms with van der Waals surface area (Å²) in [5.74, 6) is -0.624. The monoisotopic (exact) mass is 365 g/mol. The number of amides is 2. The van der Waals surface area contributed by atoms with Crippen molar-refractivity contribution in [1.29, 1.82) is 0 Å². The van der Waals surface area contributed by atoms with Crippen molar-refractivity contribution in [3.8, 4) is 0 Å². The molecule has 1 aliphatic heterocycles. The molecule has 1 saturated heterocycles. The molecule has 0 aromatic carbocycles. The van der Waals surface area contributed by atoms with Crippen LogP contribution in [-0.2, 0) is 17.6 Å². The van der Waals surface area contributed by atoms with Crippen LogP contribution < -0.4 is 5.32 Å². The number of carbonyl (C=O) groups excluding carboxylic acids is 1. The largest absolute Gasteiger partial charge is 0.481 e. The van der Waals surface area contributed by atoms with Gasteiger partial charge in [-0.15, -0.1) is 11.3 Å². The zero-order valence-corrected chi connectivity index (χ0v) is 16.0. The Bertz CT molecular complexity index is 671. The second-order valence-electron chi connectivity index (χ2n) is 7.87. The average Bonchev–Trinajstić information content (AvgIpc) is 3.20. The van der Waals surface area contributed by atoms with Crippen molar-refractivity contribution in [2.45, 2.75) is 52.9 Å². The molecule has 2 heterocycles. The second kappa shape index (κ2) is 6.94. The van der Waals surface area contributed by atoms with E-state index in [4.69, 9.17) is 5.11 Å². The number of rotatable bonds is 4. The third-order valence-electron chi connectivity index (χ3n) is 5.99. The lowest BCUT2D eigenvalue weighted by molar-refractivity contribution is -0.141. The molecule has 1 aliphatic carbocycles. The number of hydrogen-bond donors (Lipinski definition) is 2. The molecule has 6 nitrogen and oxygen atoms in total. The molecule has 2 aliphatic rings. The number of anilines is 1. The van der Waals surface area contributed by atoms with Crippen molar-refractivity contribution < 1.29 is 14.7 Å². The highest BCUT2D eigenvalue weighted by Crippen LogP contribution is 2.42. The maximum atomic E-state index is 12.4. The fourth-order valence-corrected chi connectivity index (χ4v) is 4.78. The van der Waals surface area contributed by atoms with Crippen molar-refractivity contribution in [2.75, 3.05) is 18.4 Å². The van der Waals surface area contributed by atoms with Gasteiger partial charge in [0.05, 0.1) is 11.6 Å². The highest BCUT2D eigenvalue weighted by atomic mass is 32.1. The summed E-state index contributed by atoms with van der Waals surface area (Å²) in [4.78, 5) is 30.8. The number of likely N-dealkylation sites (tertiary alicyclic amines) is 1. The van der Waals surface area contributed by atoms with Crippen molar-refractivity contribution in [1.82, 2.24) is 9.88 Å². The Morgan fingerprint density at radius 1 is 1.40 bits per heavy atom. The van der Waals surface area contributed by atoms with Crippen LogP contribution in [0.15, 0.2) is 0 Å². The summed E-state index contributed by atoms with van der Waals surface area (Å²) in [5.41, 5.74) is 1.44. The Morgan fingerprint density at radius 3 is 2.80 bits per heavy atom. The molecule has 1 aromatic heterocycles. The zero-order chi connectivity index (χ0) is 18.2. The lowest BCUT2D eigenvalue weighted by Crippen LogP contribution is -2.33.